The summed E-state index contributed by atoms with van der Waals surface area (Å²) in [5.74, 6) is 0.226. The van der Waals surface area contributed by atoms with E-state index in [0.717, 1.165) is 57.7 Å². The highest BCUT2D eigenvalue weighted by atomic mass is 19.1. The first-order valence-corrected chi connectivity index (χ1v) is 10.7. The second-order valence-electron chi connectivity index (χ2n) is 8.19. The molecule has 2 fully saturated rings. The van der Waals surface area contributed by atoms with Crippen molar-refractivity contribution in [2.45, 2.75) is 38.8 Å². The summed E-state index contributed by atoms with van der Waals surface area (Å²) in [5, 5.41) is 24.2. The molecule has 0 amide bonds. The number of anilines is 2. The van der Waals surface area contributed by atoms with Crippen LogP contribution < -0.4 is 15.0 Å². The van der Waals surface area contributed by atoms with Crippen LogP contribution in [0.15, 0.2) is 18.2 Å². The van der Waals surface area contributed by atoms with E-state index in [-0.39, 0.29) is 17.6 Å². The number of para-hydroxylation sites is 1. The van der Waals surface area contributed by atoms with Crippen LogP contribution in [0.2, 0.25) is 0 Å². The van der Waals surface area contributed by atoms with Crippen molar-refractivity contribution < 1.29 is 19.3 Å². The number of piperazine rings is 1. The van der Waals surface area contributed by atoms with Crippen molar-refractivity contribution >= 4 is 11.4 Å². The maximum absolute atomic E-state index is 14.0. The molecule has 0 atom stereocenters. The predicted molar refractivity (Wildman–Crippen MR) is 115 cm³/mol. The minimum absolute atomic E-state index is 0.125. The molecule has 4 rings (SSSR count). The number of hydrogen-bond donors (Lipinski definition) is 3. The molecule has 1 aromatic carbocycles. The summed E-state index contributed by atoms with van der Waals surface area (Å²) in [5.41, 5.74) is 2.16. The standard InChI is InChI=1S/C22H31FN4O3/c1-15-19(24-16-7-8-16)22(29)27(21(15)28)10-4-9-25-11-13-26(14-12-25)18-6-3-5-17(23)20(18)30-2/h3,5-6,16,24,28-29H,4,7-14H2,1-2H3. The Kier molecular flexibility index (Phi) is 5.94. The largest absolute Gasteiger partial charge is 0.494 e. The van der Waals surface area contributed by atoms with Gasteiger partial charge in [0, 0.05) is 44.3 Å². The van der Waals surface area contributed by atoms with Crippen LogP contribution in [0.5, 0.6) is 17.5 Å². The fraction of sp³-hybridized carbons (Fsp3) is 0.545. The number of methoxy groups -OCH3 is 1. The van der Waals surface area contributed by atoms with Crippen molar-refractivity contribution in [2.24, 2.45) is 0 Å². The quantitative estimate of drug-likeness (QED) is 0.612. The minimum Gasteiger partial charge on any atom is -0.494 e. The maximum Gasteiger partial charge on any atom is 0.218 e. The van der Waals surface area contributed by atoms with E-state index in [2.05, 4.69) is 15.1 Å². The molecule has 0 unspecified atom stereocenters. The highest BCUT2D eigenvalue weighted by molar-refractivity contribution is 5.65. The van der Waals surface area contributed by atoms with Crippen molar-refractivity contribution in [3.05, 3.63) is 29.6 Å². The third-order valence-electron chi connectivity index (χ3n) is 6.09. The highest BCUT2D eigenvalue weighted by Gasteiger charge is 2.27. The van der Waals surface area contributed by atoms with Crippen LogP contribution in [0.1, 0.15) is 24.8 Å². The fourth-order valence-electron chi connectivity index (χ4n) is 4.15. The highest BCUT2D eigenvalue weighted by Crippen LogP contribution is 2.40. The summed E-state index contributed by atoms with van der Waals surface area (Å²) in [6, 6.07) is 5.44. The number of aromatic hydroxyl groups is 2. The minimum atomic E-state index is -0.338. The molecule has 1 aliphatic heterocycles. The van der Waals surface area contributed by atoms with Crippen molar-refractivity contribution in [3.8, 4) is 17.5 Å². The van der Waals surface area contributed by atoms with Crippen LogP contribution in [-0.2, 0) is 6.54 Å². The van der Waals surface area contributed by atoms with E-state index < -0.39 is 0 Å². The first kappa shape index (κ1) is 20.7. The average Bonchev–Trinajstić information content (AvgIpc) is 3.55. The summed E-state index contributed by atoms with van der Waals surface area (Å²) < 4.78 is 20.8. The first-order chi connectivity index (χ1) is 14.5. The lowest BCUT2D eigenvalue weighted by atomic mass is 10.2. The zero-order valence-electron chi connectivity index (χ0n) is 17.7. The summed E-state index contributed by atoms with van der Waals surface area (Å²) in [7, 11) is 1.50. The van der Waals surface area contributed by atoms with Gasteiger partial charge in [-0.15, -0.1) is 0 Å². The van der Waals surface area contributed by atoms with E-state index >= 15 is 0 Å². The van der Waals surface area contributed by atoms with Gasteiger partial charge in [0.1, 0.15) is 5.69 Å². The normalized spacial score (nSPS) is 17.4. The summed E-state index contributed by atoms with van der Waals surface area (Å²) in [6.07, 6.45) is 3.04. The second-order valence-corrected chi connectivity index (χ2v) is 8.19. The molecule has 0 bridgehead atoms. The number of nitrogens with one attached hydrogen (secondary N) is 1. The first-order valence-electron chi connectivity index (χ1n) is 10.7. The van der Waals surface area contributed by atoms with Crippen molar-refractivity contribution in [1.82, 2.24) is 9.47 Å². The molecular formula is C22H31FN4O3. The zero-order valence-corrected chi connectivity index (χ0v) is 17.7. The SMILES string of the molecule is COc1c(F)cccc1N1CCN(CCCn2c(O)c(C)c(NC3CC3)c2O)CC1. The van der Waals surface area contributed by atoms with E-state index in [9.17, 15) is 14.6 Å². The predicted octanol–water partition coefficient (Wildman–Crippen LogP) is 3.14. The van der Waals surface area contributed by atoms with Gasteiger partial charge in [-0.2, -0.15) is 0 Å². The Bertz CT molecular complexity index is 889. The molecule has 2 aromatic rings. The molecule has 0 spiro atoms. The molecule has 2 heterocycles. The number of halogens is 1. The lowest BCUT2D eigenvalue weighted by Gasteiger charge is -2.36. The fourth-order valence-corrected chi connectivity index (χ4v) is 4.15. The third kappa shape index (κ3) is 4.14. The van der Waals surface area contributed by atoms with Gasteiger partial charge in [0.05, 0.1) is 12.8 Å². The number of benzene rings is 1. The number of ether oxygens (including phenoxy) is 1. The van der Waals surface area contributed by atoms with Crippen LogP contribution in [0, 0.1) is 12.7 Å². The molecule has 7 nitrogen and oxygen atoms in total. The van der Waals surface area contributed by atoms with Gasteiger partial charge >= 0.3 is 0 Å². The number of rotatable bonds is 8. The molecular weight excluding hydrogens is 387 g/mol. The Balaban J connectivity index is 1.29. The van der Waals surface area contributed by atoms with Crippen LogP contribution in [0.3, 0.4) is 0 Å². The molecule has 1 aliphatic carbocycles. The van der Waals surface area contributed by atoms with Gasteiger partial charge in [-0.25, -0.2) is 4.39 Å². The van der Waals surface area contributed by atoms with E-state index in [0.29, 0.717) is 29.6 Å². The van der Waals surface area contributed by atoms with Gasteiger partial charge in [-0.1, -0.05) is 6.07 Å². The Morgan fingerprint density at radius 3 is 2.50 bits per heavy atom. The Morgan fingerprint density at radius 1 is 1.10 bits per heavy atom. The molecule has 1 saturated heterocycles. The van der Waals surface area contributed by atoms with E-state index in [4.69, 9.17) is 4.74 Å². The van der Waals surface area contributed by atoms with Crippen molar-refractivity contribution in [1.29, 1.82) is 0 Å². The van der Waals surface area contributed by atoms with Crippen LogP contribution >= 0.6 is 0 Å². The molecule has 2 aliphatic rings. The summed E-state index contributed by atoms with van der Waals surface area (Å²) in [4.78, 5) is 4.51. The number of aromatic nitrogens is 1. The Hall–Kier alpha value is -2.61. The van der Waals surface area contributed by atoms with Gasteiger partial charge in [0.2, 0.25) is 5.88 Å². The number of nitrogens with zero attached hydrogens (tertiary/aromatic N) is 3. The van der Waals surface area contributed by atoms with E-state index in [1.165, 1.54) is 13.2 Å². The zero-order chi connectivity index (χ0) is 21.3. The summed E-state index contributed by atoms with van der Waals surface area (Å²) in [6.45, 7) is 6.60. The number of hydrogen-bond acceptors (Lipinski definition) is 6. The Labute approximate surface area is 176 Å². The van der Waals surface area contributed by atoms with Gasteiger partial charge in [0.25, 0.3) is 0 Å². The van der Waals surface area contributed by atoms with Crippen LogP contribution in [-0.4, -0.2) is 65.6 Å². The maximum atomic E-state index is 14.0. The van der Waals surface area contributed by atoms with E-state index in [1.54, 1.807) is 10.6 Å². The van der Waals surface area contributed by atoms with Gasteiger partial charge < -0.3 is 25.2 Å². The topological polar surface area (TPSA) is 73.1 Å². The summed E-state index contributed by atoms with van der Waals surface area (Å²) >= 11 is 0. The van der Waals surface area contributed by atoms with Crippen LogP contribution in [0.4, 0.5) is 15.8 Å². The molecule has 8 heteroatoms. The Morgan fingerprint density at radius 2 is 1.83 bits per heavy atom. The molecule has 0 radical (unpaired) electrons. The monoisotopic (exact) mass is 418 g/mol. The lowest BCUT2D eigenvalue weighted by Crippen LogP contribution is -2.46. The van der Waals surface area contributed by atoms with Gasteiger partial charge in [0.15, 0.2) is 17.4 Å². The molecule has 164 valence electrons. The molecule has 1 aromatic heterocycles. The molecule has 30 heavy (non-hydrogen) atoms. The lowest BCUT2D eigenvalue weighted by molar-refractivity contribution is 0.245. The van der Waals surface area contributed by atoms with Crippen molar-refractivity contribution in [2.75, 3.05) is 50.1 Å². The second kappa shape index (κ2) is 8.63. The third-order valence-corrected chi connectivity index (χ3v) is 6.09. The van der Waals surface area contributed by atoms with Gasteiger partial charge in [-0.05, 0) is 44.9 Å². The van der Waals surface area contributed by atoms with Crippen molar-refractivity contribution in [3.63, 3.8) is 0 Å². The average molecular weight is 419 g/mol. The molecule has 1 saturated carbocycles. The van der Waals surface area contributed by atoms with E-state index in [1.807, 2.05) is 13.0 Å². The molecule has 3 N–H and O–H groups in total. The smallest absolute Gasteiger partial charge is 0.218 e. The van der Waals surface area contributed by atoms with Gasteiger partial charge in [-0.3, -0.25) is 9.47 Å². The van der Waals surface area contributed by atoms with Crippen LogP contribution in [0.25, 0.3) is 0 Å².